The summed E-state index contributed by atoms with van der Waals surface area (Å²) in [4.78, 5) is 3.86. The van der Waals surface area contributed by atoms with Crippen LogP contribution in [-0.2, 0) is 0 Å². The first kappa shape index (κ1) is 4.43. The van der Waals surface area contributed by atoms with E-state index in [0.29, 0.717) is 5.65 Å². The molecular weight excluding hydrogens is 118 g/mol. The molecule has 4 heteroatoms. The fourth-order valence-electron chi connectivity index (χ4n) is 0.792. The third kappa shape index (κ3) is 0.440. The Kier molecular flexibility index (Phi) is 0.631. The minimum absolute atomic E-state index is 0.181. The maximum absolute atomic E-state index is 8.99. The number of aromatic amines is 1. The van der Waals surface area contributed by atoms with Crippen LogP contribution < -0.4 is 0 Å². The van der Waals surface area contributed by atoms with Crippen molar-refractivity contribution in [2.24, 2.45) is 0 Å². The topological polar surface area (TPSA) is 53.3 Å². The van der Waals surface area contributed by atoms with E-state index in [4.69, 9.17) is 5.11 Å². The minimum Gasteiger partial charge on any atom is -0.503 e. The predicted molar refractivity (Wildman–Crippen MR) is 31.2 cm³/mol. The molecular formula is C5H5N3O. The van der Waals surface area contributed by atoms with Gasteiger partial charge in [-0.15, -0.1) is 0 Å². The molecule has 0 aliphatic carbocycles. The summed E-state index contributed by atoms with van der Waals surface area (Å²) in [6.07, 6.45) is 4.84. The molecule has 0 aliphatic rings. The maximum Gasteiger partial charge on any atom is 0.195 e. The van der Waals surface area contributed by atoms with E-state index in [0.717, 1.165) is 0 Å². The summed E-state index contributed by atoms with van der Waals surface area (Å²) in [6, 6.07) is 0. The number of hydrogen-bond acceptors (Lipinski definition) is 2. The molecule has 0 bridgehead atoms. The van der Waals surface area contributed by atoms with Crippen LogP contribution in [0.15, 0.2) is 18.6 Å². The highest BCUT2D eigenvalue weighted by Gasteiger charge is 1.98. The summed E-state index contributed by atoms with van der Waals surface area (Å²) < 4.78 is 1.63. The van der Waals surface area contributed by atoms with Gasteiger partial charge in [-0.25, -0.2) is 9.50 Å². The van der Waals surface area contributed by atoms with Crippen LogP contribution in [0.25, 0.3) is 5.65 Å². The molecule has 2 aromatic heterocycles. The van der Waals surface area contributed by atoms with Gasteiger partial charge in [0.15, 0.2) is 11.4 Å². The van der Waals surface area contributed by atoms with Crippen molar-refractivity contribution in [2.45, 2.75) is 0 Å². The number of aromatic nitrogens is 3. The summed E-state index contributed by atoms with van der Waals surface area (Å²) in [5.41, 5.74) is 0.565. The van der Waals surface area contributed by atoms with E-state index in [2.05, 4.69) is 10.1 Å². The van der Waals surface area contributed by atoms with E-state index in [1.165, 1.54) is 6.20 Å². The third-order valence-corrected chi connectivity index (χ3v) is 1.21. The molecule has 0 amide bonds. The van der Waals surface area contributed by atoms with Crippen molar-refractivity contribution in [3.05, 3.63) is 18.6 Å². The molecule has 0 atom stereocenters. The van der Waals surface area contributed by atoms with Gasteiger partial charge < -0.3 is 5.11 Å². The van der Waals surface area contributed by atoms with Crippen molar-refractivity contribution in [3.63, 3.8) is 0 Å². The molecule has 0 aliphatic heterocycles. The zero-order valence-electron chi connectivity index (χ0n) is 4.57. The van der Waals surface area contributed by atoms with Gasteiger partial charge in [0, 0.05) is 12.4 Å². The first-order chi connectivity index (χ1) is 4.38. The van der Waals surface area contributed by atoms with E-state index in [1.54, 1.807) is 16.9 Å². The van der Waals surface area contributed by atoms with Crippen LogP contribution >= 0.6 is 0 Å². The standard InChI is InChI=1S/C5H5N3O/c9-4-3-7-8-2-1-6-5(4)8/h1-3,7,9H. The Morgan fingerprint density at radius 3 is 3.33 bits per heavy atom. The predicted octanol–water partition coefficient (Wildman–Crippen LogP) is 0.368. The van der Waals surface area contributed by atoms with Crippen molar-refractivity contribution < 1.29 is 5.11 Å². The van der Waals surface area contributed by atoms with Gasteiger partial charge in [-0.05, 0) is 0 Å². The number of nitrogens with one attached hydrogen (secondary N) is 1. The number of hydrogen-bond donors (Lipinski definition) is 2. The summed E-state index contributed by atoms with van der Waals surface area (Å²) >= 11 is 0. The van der Waals surface area contributed by atoms with Gasteiger partial charge in [0.2, 0.25) is 0 Å². The van der Waals surface area contributed by atoms with Crippen molar-refractivity contribution in [1.29, 1.82) is 0 Å². The minimum atomic E-state index is 0.181. The molecule has 46 valence electrons. The number of fused-ring (bicyclic) bond motifs is 1. The molecule has 0 unspecified atom stereocenters. The number of H-pyrrole nitrogens is 1. The summed E-state index contributed by atoms with van der Waals surface area (Å²) in [5.74, 6) is 0.181. The molecule has 0 radical (unpaired) electrons. The molecule has 0 fully saturated rings. The highest BCUT2D eigenvalue weighted by molar-refractivity contribution is 5.50. The number of aromatic hydroxyl groups is 1. The Morgan fingerprint density at radius 1 is 1.67 bits per heavy atom. The summed E-state index contributed by atoms with van der Waals surface area (Å²) in [6.45, 7) is 0. The third-order valence-electron chi connectivity index (χ3n) is 1.21. The fraction of sp³-hybridized carbons (Fsp3) is 0. The molecule has 4 nitrogen and oxygen atoms in total. The van der Waals surface area contributed by atoms with E-state index < -0.39 is 0 Å². The lowest BCUT2D eigenvalue weighted by molar-refractivity contribution is 0.480. The number of rotatable bonds is 0. The zero-order valence-corrected chi connectivity index (χ0v) is 4.57. The molecule has 9 heavy (non-hydrogen) atoms. The Morgan fingerprint density at radius 2 is 2.56 bits per heavy atom. The average Bonchev–Trinajstić information content (AvgIpc) is 2.35. The molecule has 2 rings (SSSR count). The highest BCUT2D eigenvalue weighted by atomic mass is 16.3. The number of imidazole rings is 1. The SMILES string of the molecule is Oc1c[nH]n2ccnc12. The van der Waals surface area contributed by atoms with E-state index in [-0.39, 0.29) is 5.75 Å². The summed E-state index contributed by atoms with van der Waals surface area (Å²) in [5, 5.41) is 11.8. The fourth-order valence-corrected chi connectivity index (χ4v) is 0.792. The molecule has 2 N–H and O–H groups in total. The highest BCUT2D eigenvalue weighted by Crippen LogP contribution is 2.12. The first-order valence-corrected chi connectivity index (χ1v) is 2.57. The molecule has 0 saturated carbocycles. The van der Waals surface area contributed by atoms with Gasteiger partial charge in [-0.1, -0.05) is 0 Å². The Labute approximate surface area is 50.7 Å². The lowest BCUT2D eigenvalue weighted by Gasteiger charge is -1.77. The van der Waals surface area contributed by atoms with Gasteiger partial charge in [0.05, 0.1) is 6.20 Å². The van der Waals surface area contributed by atoms with Crippen molar-refractivity contribution in [3.8, 4) is 5.75 Å². The molecule has 2 aromatic rings. The monoisotopic (exact) mass is 123 g/mol. The van der Waals surface area contributed by atoms with Crippen LogP contribution in [0.1, 0.15) is 0 Å². The Bertz CT molecular complexity index is 321. The van der Waals surface area contributed by atoms with Crippen molar-refractivity contribution in [1.82, 2.24) is 14.6 Å². The van der Waals surface area contributed by atoms with E-state index >= 15 is 0 Å². The Hall–Kier alpha value is -1.45. The zero-order chi connectivity index (χ0) is 6.27. The average molecular weight is 123 g/mol. The Balaban J connectivity index is 2.99. The second kappa shape index (κ2) is 1.28. The van der Waals surface area contributed by atoms with Crippen LogP contribution in [0.2, 0.25) is 0 Å². The lowest BCUT2D eigenvalue weighted by atomic mass is 10.6. The van der Waals surface area contributed by atoms with Crippen LogP contribution in [0, 0.1) is 0 Å². The van der Waals surface area contributed by atoms with Crippen LogP contribution in [0.4, 0.5) is 0 Å². The van der Waals surface area contributed by atoms with Gasteiger partial charge >= 0.3 is 0 Å². The van der Waals surface area contributed by atoms with Crippen molar-refractivity contribution in [2.75, 3.05) is 0 Å². The smallest absolute Gasteiger partial charge is 0.195 e. The molecule has 2 heterocycles. The van der Waals surface area contributed by atoms with E-state index in [9.17, 15) is 0 Å². The maximum atomic E-state index is 8.99. The van der Waals surface area contributed by atoms with Gasteiger partial charge in [0.25, 0.3) is 0 Å². The molecule has 0 aromatic carbocycles. The second-order valence-corrected chi connectivity index (χ2v) is 1.78. The van der Waals surface area contributed by atoms with Crippen LogP contribution in [0.3, 0.4) is 0 Å². The molecule has 0 spiro atoms. The normalized spacial score (nSPS) is 10.7. The van der Waals surface area contributed by atoms with Gasteiger partial charge in [-0.3, -0.25) is 5.10 Å². The van der Waals surface area contributed by atoms with Gasteiger partial charge in [-0.2, -0.15) is 0 Å². The second-order valence-electron chi connectivity index (χ2n) is 1.78. The first-order valence-electron chi connectivity index (χ1n) is 2.57. The van der Waals surface area contributed by atoms with Crippen molar-refractivity contribution >= 4 is 5.65 Å². The lowest BCUT2D eigenvalue weighted by Crippen LogP contribution is -1.75. The number of nitrogens with zero attached hydrogens (tertiary/aromatic N) is 2. The molecule has 0 saturated heterocycles. The van der Waals surface area contributed by atoms with Crippen LogP contribution in [0.5, 0.6) is 5.75 Å². The van der Waals surface area contributed by atoms with Crippen LogP contribution in [-0.4, -0.2) is 19.7 Å². The van der Waals surface area contributed by atoms with Gasteiger partial charge in [0.1, 0.15) is 0 Å². The largest absolute Gasteiger partial charge is 0.503 e. The summed E-state index contributed by atoms with van der Waals surface area (Å²) in [7, 11) is 0. The van der Waals surface area contributed by atoms with E-state index in [1.807, 2.05) is 0 Å². The quantitative estimate of drug-likeness (QED) is 0.531.